The van der Waals surface area contributed by atoms with E-state index in [1.807, 2.05) is 12.5 Å². The van der Waals surface area contributed by atoms with Gasteiger partial charge in [-0.25, -0.2) is 9.97 Å². The molecule has 1 saturated heterocycles. The predicted octanol–water partition coefficient (Wildman–Crippen LogP) is 1.40. The van der Waals surface area contributed by atoms with Crippen molar-refractivity contribution in [3.05, 3.63) is 16.1 Å². The van der Waals surface area contributed by atoms with Gasteiger partial charge in [-0.2, -0.15) is 0 Å². The summed E-state index contributed by atoms with van der Waals surface area (Å²) in [5, 5.41) is 21.8. The van der Waals surface area contributed by atoms with Gasteiger partial charge in [0.2, 0.25) is 0 Å². The number of halogens is 1. The zero-order valence-electron chi connectivity index (χ0n) is 10.9. The molecule has 3 rings (SSSR count). The first kappa shape index (κ1) is 14.5. The van der Waals surface area contributed by atoms with Crippen LogP contribution in [0.1, 0.15) is 13.2 Å². The third-order valence-corrected chi connectivity index (χ3v) is 4.99. The smallest absolute Gasteiger partial charge is 0.164 e. The lowest BCUT2D eigenvalue weighted by molar-refractivity contribution is -0.0297. The summed E-state index contributed by atoms with van der Waals surface area (Å²) in [5.41, 5.74) is 0.708. The van der Waals surface area contributed by atoms with Crippen molar-refractivity contribution in [1.29, 1.82) is 0 Å². The molecule has 6 nitrogen and oxygen atoms in total. The maximum atomic E-state index is 10.1. The third kappa shape index (κ3) is 2.13. The average Bonchev–Trinajstić information content (AvgIpc) is 2.91. The number of rotatable bonds is 2. The van der Waals surface area contributed by atoms with E-state index in [1.165, 1.54) is 6.33 Å². The highest BCUT2D eigenvalue weighted by Crippen LogP contribution is 2.35. The molecule has 0 aliphatic carbocycles. The van der Waals surface area contributed by atoms with Gasteiger partial charge in [0, 0.05) is 9.77 Å². The molecule has 1 fully saturated rings. The molecule has 0 radical (unpaired) electrons. The highest BCUT2D eigenvalue weighted by atomic mass is 127. The molecule has 0 aromatic carbocycles. The molecule has 3 heterocycles. The maximum absolute atomic E-state index is 10.1. The number of hydrogen-bond acceptors (Lipinski definition) is 6. The van der Waals surface area contributed by atoms with E-state index in [9.17, 15) is 10.2 Å². The Morgan fingerprint density at radius 2 is 2.10 bits per heavy atom. The molecule has 8 heteroatoms. The molecule has 1 aliphatic heterocycles. The Bertz CT molecular complexity index is 650. The van der Waals surface area contributed by atoms with Crippen molar-refractivity contribution in [2.24, 2.45) is 0 Å². The van der Waals surface area contributed by atoms with Crippen molar-refractivity contribution in [2.75, 3.05) is 6.26 Å². The number of thioether (sulfide) groups is 1. The fraction of sp³-hybridized carbons (Fsp3) is 0.500. The van der Waals surface area contributed by atoms with Crippen LogP contribution in [0.15, 0.2) is 17.6 Å². The van der Waals surface area contributed by atoms with Crippen molar-refractivity contribution in [3.63, 3.8) is 0 Å². The molecule has 1 aliphatic rings. The van der Waals surface area contributed by atoms with E-state index in [-0.39, 0.29) is 0 Å². The molecule has 2 N–H and O–H groups in total. The van der Waals surface area contributed by atoms with Gasteiger partial charge in [0.05, 0.1) is 11.5 Å². The van der Waals surface area contributed by atoms with Crippen LogP contribution in [-0.4, -0.2) is 49.3 Å². The number of ether oxygens (including phenoxy) is 1. The molecule has 0 saturated carbocycles. The molecule has 4 atom stereocenters. The van der Waals surface area contributed by atoms with Crippen LogP contribution >= 0.6 is 34.4 Å². The van der Waals surface area contributed by atoms with E-state index in [0.717, 1.165) is 14.0 Å². The number of fused-ring (bicyclic) bond motifs is 1. The molecule has 2 aromatic rings. The van der Waals surface area contributed by atoms with Crippen LogP contribution in [0.2, 0.25) is 0 Å². The molecule has 0 spiro atoms. The predicted molar refractivity (Wildman–Crippen MR) is 83.6 cm³/mol. The van der Waals surface area contributed by atoms with Gasteiger partial charge < -0.3 is 19.5 Å². The summed E-state index contributed by atoms with van der Waals surface area (Å²) in [6.07, 6.45) is 2.44. The zero-order chi connectivity index (χ0) is 14.4. The Kier molecular flexibility index (Phi) is 3.93. The highest BCUT2D eigenvalue weighted by molar-refractivity contribution is 14.1. The molecule has 0 unspecified atom stereocenters. The van der Waals surface area contributed by atoms with E-state index < -0.39 is 24.5 Å². The van der Waals surface area contributed by atoms with Gasteiger partial charge in [-0.3, -0.25) is 0 Å². The lowest BCUT2D eigenvalue weighted by atomic mass is 10.1. The number of nitrogens with zero attached hydrogens (tertiary/aromatic N) is 3. The second kappa shape index (κ2) is 5.41. The normalized spacial score (nSPS) is 30.2. The minimum atomic E-state index is -0.968. The van der Waals surface area contributed by atoms with Gasteiger partial charge in [0.25, 0.3) is 0 Å². The highest BCUT2D eigenvalue weighted by Gasteiger charge is 2.42. The first-order valence-corrected chi connectivity index (χ1v) is 8.41. The van der Waals surface area contributed by atoms with Crippen LogP contribution < -0.4 is 0 Å². The summed E-state index contributed by atoms with van der Waals surface area (Å²) in [6.45, 7) is 1.74. The maximum Gasteiger partial charge on any atom is 0.164 e. The van der Waals surface area contributed by atoms with E-state index >= 15 is 0 Å². The Labute approximate surface area is 133 Å². The quantitative estimate of drug-likeness (QED) is 0.445. The fourth-order valence-electron chi connectivity index (χ4n) is 2.42. The van der Waals surface area contributed by atoms with Crippen LogP contribution in [0.4, 0.5) is 0 Å². The van der Waals surface area contributed by atoms with Crippen molar-refractivity contribution >= 4 is 45.4 Å². The summed E-state index contributed by atoms with van der Waals surface area (Å²) in [4.78, 5) is 8.56. The largest absolute Gasteiger partial charge is 0.388 e. The lowest BCUT2D eigenvalue weighted by Crippen LogP contribution is -2.30. The Morgan fingerprint density at radius 1 is 1.35 bits per heavy atom. The Balaban J connectivity index is 2.14. The van der Waals surface area contributed by atoms with Crippen LogP contribution in [0.3, 0.4) is 0 Å². The lowest BCUT2D eigenvalue weighted by Gasteiger charge is -2.17. The first-order valence-electron chi connectivity index (χ1n) is 6.11. The topological polar surface area (TPSA) is 80.4 Å². The minimum Gasteiger partial charge on any atom is -0.388 e. The van der Waals surface area contributed by atoms with E-state index in [2.05, 4.69) is 32.6 Å². The summed E-state index contributed by atoms with van der Waals surface area (Å²) >= 11 is 3.77. The first-order chi connectivity index (χ1) is 9.54. The standard InChI is InChI=1S/C12H14IN3O3S/c1-5-8(17)9(18)12(19-5)16-3-6(13)7-10(16)14-4-15-11(7)20-2/h3-5,8-9,12,17-18H,1-2H3/t5-,8-,9-,12-/m1/s1. The van der Waals surface area contributed by atoms with Gasteiger partial charge in [-0.1, -0.05) is 0 Å². The van der Waals surface area contributed by atoms with Crippen molar-refractivity contribution in [2.45, 2.75) is 36.5 Å². The summed E-state index contributed by atoms with van der Waals surface area (Å²) in [5.74, 6) is 0. The monoisotopic (exact) mass is 407 g/mol. The Morgan fingerprint density at radius 3 is 2.70 bits per heavy atom. The molecular weight excluding hydrogens is 393 g/mol. The van der Waals surface area contributed by atoms with Gasteiger partial charge in [0.1, 0.15) is 29.2 Å². The number of aliphatic hydroxyl groups excluding tert-OH is 2. The van der Waals surface area contributed by atoms with Crippen LogP contribution in [0, 0.1) is 3.57 Å². The molecule has 0 amide bonds. The summed E-state index contributed by atoms with van der Waals surface area (Å²) in [6, 6.07) is 0. The average molecular weight is 407 g/mol. The molecule has 108 valence electrons. The van der Waals surface area contributed by atoms with E-state index in [4.69, 9.17) is 4.74 Å². The Hall–Kier alpha value is -0.420. The molecule has 0 bridgehead atoms. The SMILES string of the molecule is CSc1ncnc2c1c(I)cn2[C@@H]1O[C@H](C)[C@@H](O)[C@H]1O. The van der Waals surface area contributed by atoms with Gasteiger partial charge in [-0.15, -0.1) is 11.8 Å². The van der Waals surface area contributed by atoms with E-state index in [1.54, 1.807) is 23.3 Å². The van der Waals surface area contributed by atoms with Crippen LogP contribution in [-0.2, 0) is 4.74 Å². The molecular formula is C12H14IN3O3S. The molecule has 2 aromatic heterocycles. The number of aromatic nitrogens is 3. The van der Waals surface area contributed by atoms with Crippen LogP contribution in [0.5, 0.6) is 0 Å². The van der Waals surface area contributed by atoms with Crippen molar-refractivity contribution < 1.29 is 14.9 Å². The fourth-order valence-corrected chi connectivity index (χ4v) is 3.96. The second-order valence-corrected chi connectivity index (χ2v) is 6.64. The number of aliphatic hydroxyl groups is 2. The van der Waals surface area contributed by atoms with Crippen LogP contribution in [0.25, 0.3) is 11.0 Å². The summed E-state index contributed by atoms with van der Waals surface area (Å²) < 4.78 is 8.43. The van der Waals surface area contributed by atoms with Crippen molar-refractivity contribution in [3.8, 4) is 0 Å². The van der Waals surface area contributed by atoms with Gasteiger partial charge >= 0.3 is 0 Å². The summed E-state index contributed by atoms with van der Waals surface area (Å²) in [7, 11) is 0. The van der Waals surface area contributed by atoms with Gasteiger partial charge in [0.15, 0.2) is 6.23 Å². The third-order valence-electron chi connectivity index (χ3n) is 3.47. The van der Waals surface area contributed by atoms with Crippen molar-refractivity contribution in [1.82, 2.24) is 14.5 Å². The van der Waals surface area contributed by atoms with Gasteiger partial charge in [-0.05, 0) is 35.8 Å². The number of hydrogen-bond donors (Lipinski definition) is 2. The van der Waals surface area contributed by atoms with E-state index in [0.29, 0.717) is 5.65 Å². The zero-order valence-corrected chi connectivity index (χ0v) is 13.9. The minimum absolute atomic E-state index is 0.410. The second-order valence-electron chi connectivity index (χ2n) is 4.68. The molecule has 20 heavy (non-hydrogen) atoms.